The van der Waals surface area contributed by atoms with Gasteiger partial charge in [-0.1, -0.05) is 36.0 Å². The van der Waals surface area contributed by atoms with E-state index in [0.29, 0.717) is 16.7 Å². The van der Waals surface area contributed by atoms with Crippen molar-refractivity contribution in [2.24, 2.45) is 5.73 Å². The fourth-order valence-corrected chi connectivity index (χ4v) is 2.75. The van der Waals surface area contributed by atoms with Crippen LogP contribution >= 0.6 is 23.8 Å². The fourth-order valence-electron chi connectivity index (χ4n) is 1.88. The minimum atomic E-state index is 0.321. The largest absolute Gasteiger partial charge is 0.388 e. The first-order valence-electron chi connectivity index (χ1n) is 5.16. The third-order valence-electron chi connectivity index (χ3n) is 2.66. The van der Waals surface area contributed by atoms with Gasteiger partial charge in [-0.15, -0.1) is 5.10 Å². The summed E-state index contributed by atoms with van der Waals surface area (Å²) in [5.41, 5.74) is 6.20. The van der Waals surface area contributed by atoms with Crippen molar-refractivity contribution in [1.29, 1.82) is 0 Å². The van der Waals surface area contributed by atoms with Crippen molar-refractivity contribution in [1.82, 2.24) is 9.59 Å². The van der Waals surface area contributed by atoms with Gasteiger partial charge in [0.25, 0.3) is 0 Å². The summed E-state index contributed by atoms with van der Waals surface area (Å²) < 4.78 is 3.87. The summed E-state index contributed by atoms with van der Waals surface area (Å²) in [5.74, 6) is 0. The van der Waals surface area contributed by atoms with Gasteiger partial charge in [-0.25, -0.2) is 0 Å². The highest BCUT2D eigenvalue weighted by Crippen LogP contribution is 2.25. The van der Waals surface area contributed by atoms with Crippen LogP contribution in [-0.4, -0.2) is 20.6 Å². The van der Waals surface area contributed by atoms with E-state index in [1.165, 1.54) is 43.6 Å². The zero-order valence-corrected chi connectivity index (χ0v) is 10.0. The standard InChI is InChI=1S/C9H14N4S2/c10-8(14)7-9(15-13-12-7)11-6-4-2-1-3-5-6/h6,11H,1-5H2,(H2,10,14). The molecule has 6 heteroatoms. The Labute approximate surface area is 98.4 Å². The SMILES string of the molecule is NC(=S)c1nnsc1NC1CCCCC1. The highest BCUT2D eigenvalue weighted by atomic mass is 32.1. The molecule has 1 heterocycles. The Kier molecular flexibility index (Phi) is 3.48. The van der Waals surface area contributed by atoms with Crippen LogP contribution in [0.4, 0.5) is 5.00 Å². The van der Waals surface area contributed by atoms with Crippen molar-refractivity contribution in [3.05, 3.63) is 5.69 Å². The van der Waals surface area contributed by atoms with Crippen LogP contribution in [0, 0.1) is 0 Å². The number of nitrogens with two attached hydrogens (primary N) is 1. The van der Waals surface area contributed by atoms with Gasteiger partial charge >= 0.3 is 0 Å². The van der Waals surface area contributed by atoms with Crippen LogP contribution in [0.1, 0.15) is 37.8 Å². The number of nitrogens with one attached hydrogen (secondary N) is 1. The summed E-state index contributed by atoms with van der Waals surface area (Å²) in [5, 5.41) is 8.28. The lowest BCUT2D eigenvalue weighted by Crippen LogP contribution is -2.23. The molecule has 3 N–H and O–H groups in total. The number of thiocarbonyl (C=S) groups is 1. The molecule has 1 aliphatic rings. The summed E-state index contributed by atoms with van der Waals surface area (Å²) in [6.45, 7) is 0. The molecule has 15 heavy (non-hydrogen) atoms. The average Bonchev–Trinajstić information content (AvgIpc) is 2.67. The molecular weight excluding hydrogens is 228 g/mol. The van der Waals surface area contributed by atoms with Crippen molar-refractivity contribution in [3.63, 3.8) is 0 Å². The van der Waals surface area contributed by atoms with E-state index in [2.05, 4.69) is 14.9 Å². The molecule has 0 aliphatic heterocycles. The Morgan fingerprint density at radius 2 is 2.13 bits per heavy atom. The van der Waals surface area contributed by atoms with E-state index >= 15 is 0 Å². The maximum absolute atomic E-state index is 5.56. The molecule has 0 spiro atoms. The van der Waals surface area contributed by atoms with Gasteiger partial charge in [0.15, 0.2) is 5.69 Å². The molecule has 1 aromatic rings. The van der Waals surface area contributed by atoms with Crippen molar-refractivity contribution in [2.45, 2.75) is 38.1 Å². The van der Waals surface area contributed by atoms with Crippen LogP contribution in [0.15, 0.2) is 0 Å². The number of hydrogen-bond acceptors (Lipinski definition) is 5. The number of nitrogens with zero attached hydrogens (tertiary/aromatic N) is 2. The molecule has 2 rings (SSSR count). The van der Waals surface area contributed by atoms with Gasteiger partial charge in [0, 0.05) is 17.6 Å². The van der Waals surface area contributed by atoms with E-state index in [0.717, 1.165) is 5.00 Å². The summed E-state index contributed by atoms with van der Waals surface area (Å²) >= 11 is 6.24. The monoisotopic (exact) mass is 242 g/mol. The van der Waals surface area contributed by atoms with Crippen molar-refractivity contribution >= 4 is 33.7 Å². The zero-order chi connectivity index (χ0) is 10.7. The minimum absolute atomic E-state index is 0.321. The molecule has 1 aromatic heterocycles. The predicted molar refractivity (Wildman–Crippen MR) is 66.3 cm³/mol. The summed E-state index contributed by atoms with van der Waals surface area (Å²) in [7, 11) is 0. The highest BCUT2D eigenvalue weighted by molar-refractivity contribution is 7.80. The molecule has 0 bridgehead atoms. The number of hydrogen-bond donors (Lipinski definition) is 2. The first-order valence-corrected chi connectivity index (χ1v) is 6.34. The predicted octanol–water partition coefficient (Wildman–Crippen LogP) is 1.92. The van der Waals surface area contributed by atoms with E-state index in [1.807, 2.05) is 0 Å². The molecule has 0 amide bonds. The van der Waals surface area contributed by atoms with Crippen LogP contribution in [0.25, 0.3) is 0 Å². The smallest absolute Gasteiger partial charge is 0.156 e. The Hall–Kier alpha value is -0.750. The fraction of sp³-hybridized carbons (Fsp3) is 0.667. The van der Waals surface area contributed by atoms with Gasteiger partial charge in [-0.05, 0) is 12.8 Å². The average molecular weight is 242 g/mol. The maximum atomic E-state index is 5.56. The van der Waals surface area contributed by atoms with Gasteiger partial charge in [0.05, 0.1) is 0 Å². The molecule has 82 valence electrons. The molecule has 1 saturated carbocycles. The van der Waals surface area contributed by atoms with Crippen LogP contribution < -0.4 is 11.1 Å². The Morgan fingerprint density at radius 1 is 1.40 bits per heavy atom. The van der Waals surface area contributed by atoms with Crippen LogP contribution in [-0.2, 0) is 0 Å². The Bertz CT molecular complexity index is 344. The van der Waals surface area contributed by atoms with Crippen LogP contribution in [0.3, 0.4) is 0 Å². The summed E-state index contributed by atoms with van der Waals surface area (Å²) in [6, 6.07) is 0.536. The van der Waals surface area contributed by atoms with Gasteiger partial charge < -0.3 is 11.1 Å². The summed E-state index contributed by atoms with van der Waals surface area (Å²) in [4.78, 5) is 0.321. The van der Waals surface area contributed by atoms with E-state index in [9.17, 15) is 0 Å². The van der Waals surface area contributed by atoms with Gasteiger partial charge in [-0.2, -0.15) is 0 Å². The number of aromatic nitrogens is 2. The highest BCUT2D eigenvalue weighted by Gasteiger charge is 2.17. The molecule has 1 aliphatic carbocycles. The number of anilines is 1. The second kappa shape index (κ2) is 4.85. The molecule has 0 aromatic carbocycles. The minimum Gasteiger partial charge on any atom is -0.388 e. The third-order valence-corrected chi connectivity index (χ3v) is 3.51. The molecular formula is C9H14N4S2. The van der Waals surface area contributed by atoms with Gasteiger partial charge in [-0.3, -0.25) is 0 Å². The zero-order valence-electron chi connectivity index (χ0n) is 8.40. The van der Waals surface area contributed by atoms with Crippen LogP contribution in [0.5, 0.6) is 0 Å². The molecule has 0 atom stereocenters. The normalized spacial score (nSPS) is 17.6. The van der Waals surface area contributed by atoms with Gasteiger partial charge in [0.1, 0.15) is 9.99 Å². The quantitative estimate of drug-likeness (QED) is 0.793. The van der Waals surface area contributed by atoms with E-state index in [4.69, 9.17) is 18.0 Å². The van der Waals surface area contributed by atoms with E-state index in [-0.39, 0.29) is 0 Å². The topological polar surface area (TPSA) is 63.8 Å². The first-order chi connectivity index (χ1) is 7.27. The lowest BCUT2D eigenvalue weighted by Gasteiger charge is -2.22. The Morgan fingerprint density at radius 3 is 2.80 bits per heavy atom. The molecule has 4 nitrogen and oxygen atoms in total. The molecule has 0 radical (unpaired) electrons. The molecule has 0 unspecified atom stereocenters. The number of rotatable bonds is 3. The van der Waals surface area contributed by atoms with E-state index in [1.54, 1.807) is 0 Å². The second-order valence-corrected chi connectivity index (χ2v) is 4.99. The van der Waals surface area contributed by atoms with Crippen molar-refractivity contribution in [2.75, 3.05) is 5.32 Å². The second-order valence-electron chi connectivity index (χ2n) is 3.79. The van der Waals surface area contributed by atoms with E-state index < -0.39 is 0 Å². The lowest BCUT2D eigenvalue weighted by atomic mass is 9.96. The first kappa shape index (κ1) is 10.8. The maximum Gasteiger partial charge on any atom is 0.156 e. The Balaban J connectivity index is 2.03. The van der Waals surface area contributed by atoms with Crippen molar-refractivity contribution in [3.8, 4) is 0 Å². The van der Waals surface area contributed by atoms with Crippen LogP contribution in [0.2, 0.25) is 0 Å². The third kappa shape index (κ3) is 2.63. The van der Waals surface area contributed by atoms with Gasteiger partial charge in [0.2, 0.25) is 0 Å². The van der Waals surface area contributed by atoms with Crippen molar-refractivity contribution < 1.29 is 0 Å². The lowest BCUT2D eigenvalue weighted by molar-refractivity contribution is 0.463. The summed E-state index contributed by atoms with van der Waals surface area (Å²) in [6.07, 6.45) is 6.38. The molecule has 0 saturated heterocycles. The molecule has 1 fully saturated rings.